The highest BCUT2D eigenvalue weighted by Gasteiger charge is 2.66. The van der Waals surface area contributed by atoms with Crippen molar-refractivity contribution in [3.05, 3.63) is 66.4 Å². The molecule has 0 spiro atoms. The summed E-state index contributed by atoms with van der Waals surface area (Å²) >= 11 is 0. The Morgan fingerprint density at radius 2 is 2.10 bits per heavy atom. The number of nitrogens with zero attached hydrogens (tertiary/aromatic N) is 2. The van der Waals surface area contributed by atoms with Gasteiger partial charge in [0.05, 0.1) is 18.2 Å². The van der Waals surface area contributed by atoms with E-state index in [1.54, 1.807) is 17.2 Å². The van der Waals surface area contributed by atoms with Gasteiger partial charge in [-0.2, -0.15) is 0 Å². The van der Waals surface area contributed by atoms with Gasteiger partial charge in [0.25, 0.3) is 5.91 Å². The van der Waals surface area contributed by atoms with E-state index in [0.29, 0.717) is 12.1 Å². The van der Waals surface area contributed by atoms with Gasteiger partial charge in [0.2, 0.25) is 5.91 Å². The number of aromatic amines is 1. The van der Waals surface area contributed by atoms with Crippen molar-refractivity contribution in [1.29, 1.82) is 0 Å². The van der Waals surface area contributed by atoms with Gasteiger partial charge in [-0.1, -0.05) is 38.1 Å². The van der Waals surface area contributed by atoms with Crippen LogP contribution in [-0.2, 0) is 15.0 Å². The van der Waals surface area contributed by atoms with Gasteiger partial charge in [-0.05, 0) is 29.5 Å². The minimum absolute atomic E-state index is 0.164. The number of carbonyl (C=O) groups excluding carboxylic acids is 2. The van der Waals surface area contributed by atoms with Gasteiger partial charge in [0.15, 0.2) is 0 Å². The third-order valence-corrected chi connectivity index (χ3v) is 6.80. The third kappa shape index (κ3) is 2.21. The minimum atomic E-state index is -0.536. The average molecular weight is 389 g/mol. The number of para-hydroxylation sites is 1. The lowest BCUT2D eigenvalue weighted by Crippen LogP contribution is -2.59. The molecule has 5 rings (SSSR count). The topological polar surface area (TPSA) is 90.1 Å². The molecule has 3 aliphatic heterocycles. The Bertz CT molecular complexity index is 1050. The molecule has 2 fully saturated rings. The van der Waals surface area contributed by atoms with Gasteiger partial charge in [-0.25, -0.2) is 4.98 Å². The number of hydrogen-bond acceptors (Lipinski definition) is 4. The molecule has 0 bridgehead atoms. The van der Waals surface area contributed by atoms with Gasteiger partial charge >= 0.3 is 0 Å². The number of aromatic nitrogens is 2. The van der Waals surface area contributed by atoms with Gasteiger partial charge in [-0.3, -0.25) is 9.59 Å². The van der Waals surface area contributed by atoms with Gasteiger partial charge in [-0.15, -0.1) is 6.58 Å². The lowest BCUT2D eigenvalue weighted by Gasteiger charge is -2.43. The molecule has 3 aliphatic rings. The number of rotatable bonds is 3. The zero-order valence-electron chi connectivity index (χ0n) is 16.4. The van der Waals surface area contributed by atoms with E-state index in [2.05, 4.69) is 47.1 Å². The van der Waals surface area contributed by atoms with Crippen LogP contribution >= 0.6 is 0 Å². The van der Waals surface area contributed by atoms with Gasteiger partial charge < -0.3 is 20.5 Å². The first-order valence-corrected chi connectivity index (χ1v) is 9.72. The molecular formula is C22H23N5O2. The fraction of sp³-hybridized carbons (Fsp3) is 0.318. The highest BCUT2D eigenvalue weighted by molar-refractivity contribution is 6.08. The van der Waals surface area contributed by atoms with Crippen LogP contribution in [0.4, 0.5) is 5.69 Å². The molecule has 148 valence electrons. The number of carbonyl (C=O) groups is 2. The zero-order chi connectivity index (χ0) is 20.4. The Balaban J connectivity index is 1.65. The Morgan fingerprint density at radius 3 is 2.83 bits per heavy atom. The maximum absolute atomic E-state index is 13.5. The van der Waals surface area contributed by atoms with Crippen LogP contribution in [0.1, 0.15) is 31.5 Å². The number of imidazole rings is 1. The number of fused-ring (bicyclic) bond motifs is 5. The first kappa shape index (κ1) is 17.7. The summed E-state index contributed by atoms with van der Waals surface area (Å²) in [5.41, 5.74) is 2.24. The number of H-pyrrole nitrogens is 1. The molecule has 0 unspecified atom stereocenters. The second kappa shape index (κ2) is 5.83. The highest BCUT2D eigenvalue weighted by Crippen LogP contribution is 2.60. The van der Waals surface area contributed by atoms with E-state index in [-0.39, 0.29) is 29.1 Å². The van der Waals surface area contributed by atoms with E-state index in [4.69, 9.17) is 0 Å². The number of amides is 2. The van der Waals surface area contributed by atoms with Gasteiger partial charge in [0, 0.05) is 11.1 Å². The van der Waals surface area contributed by atoms with E-state index in [1.807, 2.05) is 24.3 Å². The quantitative estimate of drug-likeness (QED) is 0.555. The molecule has 7 heteroatoms. The van der Waals surface area contributed by atoms with Crippen molar-refractivity contribution >= 4 is 23.6 Å². The van der Waals surface area contributed by atoms with Gasteiger partial charge in [0.1, 0.15) is 17.9 Å². The van der Waals surface area contributed by atoms with Crippen LogP contribution in [0.3, 0.4) is 0 Å². The van der Waals surface area contributed by atoms with Crippen LogP contribution in [0.5, 0.6) is 0 Å². The standard InChI is InChI=1S/C22H23N5O2/c1-4-21(2,3)22-10-17-18(28)25-16(9-13-11-23-12-24-13)19(29)27(17)20(22)26-15-8-6-5-7-14(15)22/h4-9,11-12,17,20,26H,1,10H2,2-3H3,(H,23,24)(H,25,28)/b16-9+/t17-,20-,22+/m1/s1. The maximum Gasteiger partial charge on any atom is 0.272 e. The summed E-state index contributed by atoms with van der Waals surface area (Å²) in [5.74, 6) is -0.362. The van der Waals surface area contributed by atoms with Crippen LogP contribution in [-0.4, -0.2) is 38.9 Å². The molecule has 0 aliphatic carbocycles. The molecule has 7 nitrogen and oxygen atoms in total. The van der Waals surface area contributed by atoms with Crippen molar-refractivity contribution in [2.24, 2.45) is 5.41 Å². The Labute approximate surface area is 168 Å². The number of allylic oxidation sites excluding steroid dienone is 1. The van der Waals surface area contributed by atoms with E-state index in [1.165, 1.54) is 6.33 Å². The van der Waals surface area contributed by atoms with Crippen molar-refractivity contribution in [1.82, 2.24) is 20.2 Å². The number of piperazine rings is 1. The highest BCUT2D eigenvalue weighted by atomic mass is 16.2. The second-order valence-electron chi connectivity index (χ2n) is 8.48. The van der Waals surface area contributed by atoms with Crippen molar-refractivity contribution in [2.75, 3.05) is 5.32 Å². The van der Waals surface area contributed by atoms with Crippen LogP contribution in [0, 0.1) is 5.41 Å². The number of hydrogen-bond donors (Lipinski definition) is 3. The van der Waals surface area contributed by atoms with Crippen LogP contribution in [0.15, 0.2) is 55.1 Å². The summed E-state index contributed by atoms with van der Waals surface area (Å²) in [6, 6.07) is 7.57. The second-order valence-corrected chi connectivity index (χ2v) is 8.48. The predicted octanol–water partition coefficient (Wildman–Crippen LogP) is 2.38. The molecule has 2 saturated heterocycles. The summed E-state index contributed by atoms with van der Waals surface area (Å²) in [5, 5.41) is 6.34. The summed E-state index contributed by atoms with van der Waals surface area (Å²) < 4.78 is 0. The van der Waals surface area contributed by atoms with Crippen molar-refractivity contribution in [2.45, 2.75) is 37.9 Å². The smallest absolute Gasteiger partial charge is 0.272 e. The molecule has 0 saturated carbocycles. The molecule has 4 heterocycles. The SMILES string of the molecule is C=CC(C)(C)[C@]12C[C@@H]3C(=O)N/C(=C/c4cnc[nH]4)C(=O)N3[C@H]1Nc1ccccc12. The fourth-order valence-electron chi connectivity index (χ4n) is 5.16. The summed E-state index contributed by atoms with van der Waals surface area (Å²) in [6.45, 7) is 8.32. The van der Waals surface area contributed by atoms with E-state index >= 15 is 0 Å². The minimum Gasteiger partial charge on any atom is -0.364 e. The molecule has 2 aromatic rings. The van der Waals surface area contributed by atoms with Crippen LogP contribution in [0.25, 0.3) is 6.08 Å². The number of benzene rings is 1. The number of nitrogens with one attached hydrogen (secondary N) is 3. The largest absolute Gasteiger partial charge is 0.364 e. The Morgan fingerprint density at radius 1 is 1.31 bits per heavy atom. The average Bonchev–Trinajstić information content (AvgIpc) is 3.40. The van der Waals surface area contributed by atoms with Crippen LogP contribution in [0.2, 0.25) is 0 Å². The number of anilines is 1. The molecule has 2 amide bonds. The summed E-state index contributed by atoms with van der Waals surface area (Å²) in [6.07, 6.45) is 6.91. The molecule has 1 aromatic carbocycles. The van der Waals surface area contributed by atoms with Crippen molar-refractivity contribution in [3.63, 3.8) is 0 Å². The predicted molar refractivity (Wildman–Crippen MR) is 109 cm³/mol. The first-order valence-electron chi connectivity index (χ1n) is 9.72. The molecule has 29 heavy (non-hydrogen) atoms. The third-order valence-electron chi connectivity index (χ3n) is 6.80. The lowest BCUT2D eigenvalue weighted by atomic mass is 9.60. The zero-order valence-corrected chi connectivity index (χ0v) is 16.4. The Hall–Kier alpha value is -3.35. The van der Waals surface area contributed by atoms with Crippen LogP contribution < -0.4 is 10.6 Å². The first-order chi connectivity index (χ1) is 13.9. The normalized spacial score (nSPS) is 29.2. The molecule has 3 atom stereocenters. The summed E-state index contributed by atoms with van der Waals surface area (Å²) in [4.78, 5) is 35.1. The van der Waals surface area contributed by atoms with E-state index < -0.39 is 11.5 Å². The lowest BCUT2D eigenvalue weighted by molar-refractivity contribution is -0.141. The van der Waals surface area contributed by atoms with E-state index in [0.717, 1.165) is 11.3 Å². The van der Waals surface area contributed by atoms with Crippen molar-refractivity contribution in [3.8, 4) is 0 Å². The molecule has 1 aromatic heterocycles. The summed E-state index contributed by atoms with van der Waals surface area (Å²) in [7, 11) is 0. The Kier molecular flexibility index (Phi) is 3.56. The molecular weight excluding hydrogens is 366 g/mol. The van der Waals surface area contributed by atoms with Crippen molar-refractivity contribution < 1.29 is 9.59 Å². The monoisotopic (exact) mass is 389 g/mol. The van der Waals surface area contributed by atoms with E-state index in [9.17, 15) is 9.59 Å². The molecule has 3 N–H and O–H groups in total. The fourth-order valence-corrected chi connectivity index (χ4v) is 5.16. The maximum atomic E-state index is 13.5. The molecule has 0 radical (unpaired) electrons.